The van der Waals surface area contributed by atoms with Crippen molar-refractivity contribution < 1.29 is 37.8 Å². The van der Waals surface area contributed by atoms with E-state index < -0.39 is 35.9 Å². The van der Waals surface area contributed by atoms with Gasteiger partial charge in [-0.05, 0) is 133 Å². The van der Waals surface area contributed by atoms with E-state index in [9.17, 15) is 24.3 Å². The Kier molecular flexibility index (Phi) is 14.5. The van der Waals surface area contributed by atoms with Crippen LogP contribution in [0.5, 0.6) is 0 Å². The highest BCUT2D eigenvalue weighted by Crippen LogP contribution is 2.49. The molecule has 16 nitrogen and oxygen atoms in total. The van der Waals surface area contributed by atoms with Crippen LogP contribution in [0.2, 0.25) is 0 Å². The van der Waals surface area contributed by atoms with E-state index in [-0.39, 0.29) is 59.4 Å². The number of aromatic nitrogens is 4. The van der Waals surface area contributed by atoms with Gasteiger partial charge >= 0.3 is 12.2 Å². The number of carbonyl (C=O) groups is 4. The molecule has 4 aliphatic heterocycles. The number of methoxy groups -OCH3 is 1. The zero-order valence-electron chi connectivity index (χ0n) is 44.8. The maximum atomic E-state index is 17.0. The molecule has 4 aliphatic rings. The van der Waals surface area contributed by atoms with Crippen LogP contribution in [0.1, 0.15) is 137 Å². The van der Waals surface area contributed by atoms with E-state index in [1.807, 2.05) is 81.1 Å². The molecule has 6 atom stereocenters. The Morgan fingerprint density at radius 2 is 1.13 bits per heavy atom. The van der Waals surface area contributed by atoms with Gasteiger partial charge in [0, 0.05) is 31.9 Å². The summed E-state index contributed by atoms with van der Waals surface area (Å²) in [7, 11) is 1.27. The molecule has 4 fully saturated rings. The molecule has 0 aliphatic carbocycles. The van der Waals surface area contributed by atoms with Gasteiger partial charge in [0.25, 0.3) is 0 Å². The molecule has 6 heterocycles. The fourth-order valence-corrected chi connectivity index (χ4v) is 12.9. The van der Waals surface area contributed by atoms with Gasteiger partial charge in [-0.15, -0.1) is 0 Å². The van der Waals surface area contributed by atoms with Gasteiger partial charge in [-0.1, -0.05) is 82.3 Å². The number of halogens is 2. The Morgan fingerprint density at radius 3 is 1.64 bits per heavy atom. The molecule has 0 saturated carbocycles. The predicted molar refractivity (Wildman–Crippen MR) is 295 cm³/mol. The van der Waals surface area contributed by atoms with E-state index in [1.54, 1.807) is 9.80 Å². The van der Waals surface area contributed by atoms with Gasteiger partial charge in [0.2, 0.25) is 11.8 Å². The highest BCUT2D eigenvalue weighted by Gasteiger charge is 2.41. The largest absolute Gasteiger partial charge is 0.465 e. The third-order valence-corrected chi connectivity index (χ3v) is 16.9. The van der Waals surface area contributed by atoms with Gasteiger partial charge in [0.15, 0.2) is 11.6 Å². The van der Waals surface area contributed by atoms with Crippen molar-refractivity contribution in [3.8, 4) is 0 Å². The van der Waals surface area contributed by atoms with Gasteiger partial charge in [-0.3, -0.25) is 9.59 Å². The first-order valence-corrected chi connectivity index (χ1v) is 27.6. The number of amides is 4. The van der Waals surface area contributed by atoms with Gasteiger partial charge in [-0.2, -0.15) is 0 Å². The van der Waals surface area contributed by atoms with Gasteiger partial charge in [-0.25, -0.2) is 28.3 Å². The number of benzene rings is 5. The fraction of sp³-hybridized carbons (Fsp3) is 0.433. The number of hydrogen-bond acceptors (Lipinski definition) is 9. The lowest BCUT2D eigenvalue weighted by molar-refractivity contribution is -0.136. The first kappa shape index (κ1) is 52.3. The first-order chi connectivity index (χ1) is 37.6. The summed E-state index contributed by atoms with van der Waals surface area (Å²) >= 11 is 0. The molecule has 0 bridgehead atoms. The Labute approximate surface area is 451 Å². The number of anilines is 2. The first-order valence-electron chi connectivity index (χ1n) is 27.6. The number of piperidine rings is 1. The lowest BCUT2D eigenvalue weighted by atomic mass is 9.88. The Hall–Kier alpha value is -7.76. The number of aromatic amines is 2. The maximum Gasteiger partial charge on any atom is 0.407 e. The lowest BCUT2D eigenvalue weighted by Crippen LogP contribution is -2.51. The Morgan fingerprint density at radius 1 is 0.615 bits per heavy atom. The molecule has 7 aromatic rings. The normalized spacial score (nSPS) is 20.9. The van der Waals surface area contributed by atoms with Crippen molar-refractivity contribution in [3.63, 3.8) is 0 Å². The summed E-state index contributed by atoms with van der Waals surface area (Å²) in [5.41, 5.74) is 6.39. The smallest absolute Gasteiger partial charge is 0.407 e. The van der Waals surface area contributed by atoms with E-state index in [4.69, 9.17) is 14.7 Å². The summed E-state index contributed by atoms with van der Waals surface area (Å²) < 4.78 is 38.8. The number of nitrogens with zero attached hydrogens (tertiary/aromatic N) is 6. The fourth-order valence-electron chi connectivity index (χ4n) is 12.9. The SMILES string of the molecule is COC(=O)N[C@H](C(=O)N1CCC[C@H]1c1nc2cc([C@H]3CC[C@H](c4ccc5[nH]c([C@@H]6CCCN6C(=O)[C@@H](NC(=O)O)C(C)C)nc5c4)N3c3cc(F)c(N4CCC(c5ccc6ccccc6c5)CC4)c(F)c3)ccc2[nH]1)C(C)C. The zero-order valence-corrected chi connectivity index (χ0v) is 44.8. The number of likely N-dealkylation sites (tertiary alicyclic amines) is 2. The van der Waals surface area contributed by atoms with Crippen molar-refractivity contribution in [2.24, 2.45) is 11.8 Å². The minimum absolute atomic E-state index is 0.0166. The van der Waals surface area contributed by atoms with Crippen molar-refractivity contribution in [3.05, 3.63) is 131 Å². The minimum atomic E-state index is -1.25. The number of fused-ring (bicyclic) bond motifs is 3. The summed E-state index contributed by atoms with van der Waals surface area (Å²) in [6.45, 7) is 9.41. The van der Waals surface area contributed by atoms with Gasteiger partial charge < -0.3 is 50.0 Å². The summed E-state index contributed by atoms with van der Waals surface area (Å²) in [4.78, 5) is 76.3. The van der Waals surface area contributed by atoms with Crippen LogP contribution in [-0.4, -0.2) is 104 Å². The van der Waals surface area contributed by atoms with E-state index in [1.165, 1.54) is 35.6 Å². The number of carboxylic acid groups (broad SMARTS) is 1. The molecule has 18 heteroatoms. The summed E-state index contributed by atoms with van der Waals surface area (Å²) in [6.07, 6.45) is 3.77. The zero-order chi connectivity index (χ0) is 54.5. The van der Waals surface area contributed by atoms with Crippen LogP contribution in [0.3, 0.4) is 0 Å². The number of ether oxygens (including phenoxy) is 1. The van der Waals surface area contributed by atoms with E-state index in [2.05, 4.69) is 55.8 Å². The van der Waals surface area contributed by atoms with Crippen molar-refractivity contribution in [2.45, 2.75) is 121 Å². The molecule has 2 aromatic heterocycles. The highest BCUT2D eigenvalue weighted by atomic mass is 19.1. The van der Waals surface area contributed by atoms with E-state index in [0.29, 0.717) is 80.2 Å². The van der Waals surface area contributed by atoms with Crippen LogP contribution < -0.4 is 20.4 Å². The lowest BCUT2D eigenvalue weighted by Gasteiger charge is -2.36. The van der Waals surface area contributed by atoms with Crippen molar-refractivity contribution in [1.82, 2.24) is 40.4 Å². The monoisotopic (exact) mass is 1060 g/mol. The van der Waals surface area contributed by atoms with Crippen LogP contribution in [0.4, 0.5) is 29.7 Å². The van der Waals surface area contributed by atoms with Crippen molar-refractivity contribution >= 4 is 68.2 Å². The molecule has 78 heavy (non-hydrogen) atoms. The molecule has 5 aromatic carbocycles. The molecule has 0 unspecified atom stereocenters. The molecule has 11 rings (SSSR count). The maximum absolute atomic E-state index is 17.0. The second-order valence-corrected chi connectivity index (χ2v) is 22.3. The number of alkyl carbamates (subject to hydrolysis) is 1. The highest BCUT2D eigenvalue weighted by molar-refractivity contribution is 5.88. The number of nitrogens with one attached hydrogen (secondary N) is 4. The van der Waals surface area contributed by atoms with Crippen LogP contribution in [0.25, 0.3) is 32.8 Å². The third kappa shape index (κ3) is 10.0. The third-order valence-electron chi connectivity index (χ3n) is 16.9. The second-order valence-electron chi connectivity index (χ2n) is 22.3. The number of carbonyl (C=O) groups excluding carboxylic acids is 3. The molecular formula is C60H68F2N10O6. The molecule has 0 radical (unpaired) electrons. The predicted octanol–water partition coefficient (Wildman–Crippen LogP) is 11.3. The number of H-pyrrole nitrogens is 2. The van der Waals surface area contributed by atoms with E-state index >= 15 is 8.78 Å². The second kappa shape index (κ2) is 21.6. The summed E-state index contributed by atoms with van der Waals surface area (Å²) in [5.74, 6) is -0.640. The number of rotatable bonds is 13. The molecule has 5 N–H and O–H groups in total. The topological polar surface area (TPSA) is 192 Å². The Balaban J connectivity index is 0.903. The quantitative estimate of drug-likeness (QED) is 0.0742. The van der Waals surface area contributed by atoms with Crippen molar-refractivity contribution in [1.29, 1.82) is 0 Å². The molecule has 4 amide bonds. The standard InChI is InChI=1S/C60H68F2N10O6/c1-33(2)52(67-59(75)76)57(73)70-24-8-12-50(70)55-63-44-18-16-39(29-46(44)65-55)48-20-21-49(40-17-19-45-47(30-40)66-56(64-45)51-13-9-25-71(51)58(74)53(34(3)4)68-60(77)78-5)72(48)41-31-42(61)54(43(62)32-41)69-26-22-36(23-27-69)38-15-14-35-10-6-7-11-37(35)28-38/h6-7,10-11,14-19,28-34,36,48-53,67H,8-9,12-13,20-27H2,1-5H3,(H,63,65)(H,64,66)(H,68,77)(H,75,76)/t48-,49-,50+,51+,52+,53+/m1/s1. The Bertz CT molecular complexity index is 3380. The number of imidazole rings is 2. The summed E-state index contributed by atoms with van der Waals surface area (Å²) in [5, 5.41) is 17.0. The number of hydrogen-bond donors (Lipinski definition) is 5. The molecular weight excluding hydrogens is 995 g/mol. The van der Waals surface area contributed by atoms with Gasteiger partial charge in [0.1, 0.15) is 29.4 Å². The minimum Gasteiger partial charge on any atom is -0.465 e. The summed E-state index contributed by atoms with van der Waals surface area (Å²) in [6, 6.07) is 26.8. The van der Waals surface area contributed by atoms with Crippen LogP contribution >= 0.6 is 0 Å². The van der Waals surface area contributed by atoms with Crippen LogP contribution in [-0.2, 0) is 14.3 Å². The van der Waals surface area contributed by atoms with E-state index in [0.717, 1.165) is 47.8 Å². The average molecular weight is 1060 g/mol. The molecule has 4 saturated heterocycles. The van der Waals surface area contributed by atoms with Gasteiger partial charge in [0.05, 0.1) is 53.3 Å². The van der Waals surface area contributed by atoms with Crippen LogP contribution in [0.15, 0.2) is 91.0 Å². The average Bonchev–Trinajstić information content (AvgIpc) is 4.35. The molecule has 0 spiro atoms. The van der Waals surface area contributed by atoms with Crippen LogP contribution in [0, 0.1) is 23.5 Å². The van der Waals surface area contributed by atoms with Crippen molar-refractivity contribution in [2.75, 3.05) is 43.1 Å². The molecule has 408 valence electrons.